The molecule has 3 heteroatoms. The molecule has 0 spiro atoms. The number of hydrogen-bond acceptors (Lipinski definition) is 3. The molecule has 88 valence electrons. The van der Waals surface area contributed by atoms with Crippen molar-refractivity contribution in [3.63, 3.8) is 0 Å². The third kappa shape index (κ3) is 2.13. The zero-order valence-corrected chi connectivity index (χ0v) is 10.5. The number of benzene rings is 1. The van der Waals surface area contributed by atoms with Crippen molar-refractivity contribution in [1.82, 2.24) is 0 Å². The Labute approximate surface area is 96.6 Å². The second-order valence-corrected chi connectivity index (χ2v) is 3.36. The van der Waals surface area contributed by atoms with Gasteiger partial charge in [0.05, 0.1) is 21.3 Å². The molecular weight excluding hydrogens is 204 g/mol. The Balaban J connectivity index is 3.49. The van der Waals surface area contributed by atoms with E-state index in [9.17, 15) is 0 Å². The van der Waals surface area contributed by atoms with Crippen molar-refractivity contribution in [2.45, 2.75) is 13.8 Å². The predicted molar refractivity (Wildman–Crippen MR) is 65.5 cm³/mol. The molecule has 0 unspecified atom stereocenters. The Kier molecular flexibility index (Phi) is 4.23. The van der Waals surface area contributed by atoms with E-state index in [-0.39, 0.29) is 0 Å². The summed E-state index contributed by atoms with van der Waals surface area (Å²) in [7, 11) is 4.91. The number of hydrogen-bond donors (Lipinski definition) is 0. The van der Waals surface area contributed by atoms with Crippen molar-refractivity contribution in [3.8, 4) is 17.2 Å². The van der Waals surface area contributed by atoms with Gasteiger partial charge in [0.15, 0.2) is 11.5 Å². The molecule has 0 heterocycles. The first-order valence-electron chi connectivity index (χ1n) is 5.11. The minimum Gasteiger partial charge on any atom is -0.496 e. The third-order valence-electron chi connectivity index (χ3n) is 2.44. The molecule has 3 nitrogen and oxygen atoms in total. The van der Waals surface area contributed by atoms with Gasteiger partial charge in [-0.2, -0.15) is 0 Å². The molecular formula is C13H18O3. The highest BCUT2D eigenvalue weighted by atomic mass is 16.5. The van der Waals surface area contributed by atoms with E-state index < -0.39 is 0 Å². The minimum absolute atomic E-state index is 0.718. The molecule has 0 saturated carbocycles. The Bertz CT molecular complexity index is 395. The maximum Gasteiger partial charge on any atom is 0.168 e. The highest BCUT2D eigenvalue weighted by Crippen LogP contribution is 2.40. The maximum absolute atomic E-state index is 5.37. The van der Waals surface area contributed by atoms with Crippen LogP contribution in [0.15, 0.2) is 12.1 Å². The Morgan fingerprint density at radius 1 is 1.00 bits per heavy atom. The largest absolute Gasteiger partial charge is 0.496 e. The van der Waals surface area contributed by atoms with Crippen molar-refractivity contribution in [3.05, 3.63) is 23.3 Å². The fourth-order valence-corrected chi connectivity index (χ4v) is 1.70. The van der Waals surface area contributed by atoms with E-state index in [2.05, 4.69) is 0 Å². The van der Waals surface area contributed by atoms with Gasteiger partial charge >= 0.3 is 0 Å². The summed E-state index contributed by atoms with van der Waals surface area (Å²) in [5, 5.41) is 0. The van der Waals surface area contributed by atoms with E-state index in [4.69, 9.17) is 14.2 Å². The zero-order chi connectivity index (χ0) is 12.1. The highest BCUT2D eigenvalue weighted by molar-refractivity contribution is 5.68. The molecule has 0 aliphatic heterocycles. The maximum atomic E-state index is 5.37. The van der Waals surface area contributed by atoms with Gasteiger partial charge in [-0.3, -0.25) is 0 Å². The summed E-state index contributed by atoms with van der Waals surface area (Å²) in [5.74, 6) is 2.25. The fraction of sp³-hybridized carbons (Fsp3) is 0.385. The molecule has 0 amide bonds. The first kappa shape index (κ1) is 12.4. The molecule has 0 aliphatic carbocycles. The molecule has 0 aliphatic rings. The number of methoxy groups -OCH3 is 3. The lowest BCUT2D eigenvalue weighted by Crippen LogP contribution is -1.98. The summed E-state index contributed by atoms with van der Waals surface area (Å²) in [6.07, 6.45) is 3.91. The molecule has 0 bridgehead atoms. The van der Waals surface area contributed by atoms with E-state index in [0.29, 0.717) is 0 Å². The van der Waals surface area contributed by atoms with Crippen LogP contribution in [0.1, 0.15) is 18.1 Å². The molecule has 0 radical (unpaired) electrons. The Morgan fingerprint density at radius 2 is 1.62 bits per heavy atom. The Morgan fingerprint density at radius 3 is 2.06 bits per heavy atom. The third-order valence-corrected chi connectivity index (χ3v) is 2.44. The van der Waals surface area contributed by atoms with Gasteiger partial charge in [-0.25, -0.2) is 0 Å². The lowest BCUT2D eigenvalue weighted by molar-refractivity contribution is 0.345. The average molecular weight is 222 g/mol. The molecule has 0 atom stereocenters. The molecule has 1 aromatic carbocycles. The van der Waals surface area contributed by atoms with Crippen LogP contribution >= 0.6 is 0 Å². The summed E-state index contributed by atoms with van der Waals surface area (Å²) >= 11 is 0. The lowest BCUT2D eigenvalue weighted by atomic mass is 10.1. The average Bonchev–Trinajstić information content (AvgIpc) is 2.30. The minimum atomic E-state index is 0.718. The predicted octanol–water partition coefficient (Wildman–Crippen LogP) is 3.05. The summed E-state index contributed by atoms with van der Waals surface area (Å²) < 4.78 is 16.0. The molecule has 0 saturated heterocycles. The van der Waals surface area contributed by atoms with Crippen LogP contribution in [-0.4, -0.2) is 21.3 Å². The summed E-state index contributed by atoms with van der Waals surface area (Å²) in [6.45, 7) is 3.90. The van der Waals surface area contributed by atoms with E-state index in [0.717, 1.165) is 28.4 Å². The van der Waals surface area contributed by atoms with Gasteiger partial charge in [-0.15, -0.1) is 0 Å². The molecule has 1 aromatic rings. The van der Waals surface area contributed by atoms with Crippen molar-refractivity contribution in [2.24, 2.45) is 0 Å². The second-order valence-electron chi connectivity index (χ2n) is 3.36. The molecule has 0 N–H and O–H groups in total. The van der Waals surface area contributed by atoms with Crippen molar-refractivity contribution in [1.29, 1.82) is 0 Å². The second kappa shape index (κ2) is 5.45. The van der Waals surface area contributed by atoms with Crippen LogP contribution in [0.4, 0.5) is 0 Å². The molecule has 1 rings (SSSR count). The smallest absolute Gasteiger partial charge is 0.168 e. The van der Waals surface area contributed by atoms with Crippen LogP contribution in [0.3, 0.4) is 0 Å². The summed E-state index contributed by atoms with van der Waals surface area (Å²) in [5.41, 5.74) is 1.89. The molecule has 0 fully saturated rings. The van der Waals surface area contributed by atoms with E-state index >= 15 is 0 Å². The van der Waals surface area contributed by atoms with Gasteiger partial charge in [0, 0.05) is 11.1 Å². The van der Waals surface area contributed by atoms with Crippen molar-refractivity contribution in [2.75, 3.05) is 21.3 Å². The van der Waals surface area contributed by atoms with Crippen LogP contribution in [0, 0.1) is 6.92 Å². The first-order valence-corrected chi connectivity index (χ1v) is 5.11. The summed E-state index contributed by atoms with van der Waals surface area (Å²) in [6, 6.07) is 1.94. The van der Waals surface area contributed by atoms with Crippen LogP contribution in [0.5, 0.6) is 17.2 Å². The highest BCUT2D eigenvalue weighted by Gasteiger charge is 2.15. The van der Waals surface area contributed by atoms with Crippen LogP contribution < -0.4 is 14.2 Å². The van der Waals surface area contributed by atoms with Crippen molar-refractivity contribution >= 4 is 6.08 Å². The lowest BCUT2D eigenvalue weighted by Gasteiger charge is -2.16. The van der Waals surface area contributed by atoms with Gasteiger partial charge in [0.1, 0.15) is 5.75 Å². The van der Waals surface area contributed by atoms with E-state index in [1.807, 2.05) is 32.1 Å². The van der Waals surface area contributed by atoms with Crippen LogP contribution in [-0.2, 0) is 0 Å². The standard InChI is InChI=1S/C13H18O3/c1-6-7-10-8-11(14-3)9(2)12(15-4)13(10)16-5/h6-8H,1-5H3. The molecule has 16 heavy (non-hydrogen) atoms. The van der Waals surface area contributed by atoms with Crippen molar-refractivity contribution < 1.29 is 14.2 Å². The van der Waals surface area contributed by atoms with E-state index in [1.54, 1.807) is 21.3 Å². The van der Waals surface area contributed by atoms with E-state index in [1.165, 1.54) is 0 Å². The van der Waals surface area contributed by atoms with Crippen LogP contribution in [0.2, 0.25) is 0 Å². The van der Waals surface area contributed by atoms with Gasteiger partial charge in [0.25, 0.3) is 0 Å². The van der Waals surface area contributed by atoms with Gasteiger partial charge in [-0.1, -0.05) is 12.2 Å². The Hall–Kier alpha value is -1.64. The fourth-order valence-electron chi connectivity index (χ4n) is 1.70. The van der Waals surface area contributed by atoms with Gasteiger partial charge in [0.2, 0.25) is 0 Å². The van der Waals surface area contributed by atoms with Gasteiger partial charge < -0.3 is 14.2 Å². The zero-order valence-electron chi connectivity index (χ0n) is 10.5. The van der Waals surface area contributed by atoms with Crippen LogP contribution in [0.25, 0.3) is 6.08 Å². The van der Waals surface area contributed by atoms with Gasteiger partial charge in [-0.05, 0) is 19.9 Å². The molecule has 0 aromatic heterocycles. The SMILES string of the molecule is CC=Cc1cc(OC)c(C)c(OC)c1OC. The normalized spacial score (nSPS) is 10.6. The number of allylic oxidation sites excluding steroid dienone is 1. The first-order chi connectivity index (χ1) is 7.69. The number of ether oxygens (including phenoxy) is 3. The number of rotatable bonds is 4. The summed E-state index contributed by atoms with van der Waals surface area (Å²) in [4.78, 5) is 0. The topological polar surface area (TPSA) is 27.7 Å². The monoisotopic (exact) mass is 222 g/mol. The quantitative estimate of drug-likeness (QED) is 0.783.